The summed E-state index contributed by atoms with van der Waals surface area (Å²) in [5.41, 5.74) is 3.08. The molecular weight excluding hydrogens is 498 g/mol. The Kier molecular flexibility index (Phi) is 9.94. The van der Waals surface area contributed by atoms with Gasteiger partial charge in [-0.3, -0.25) is 9.59 Å². The van der Waals surface area contributed by atoms with Gasteiger partial charge in [0.15, 0.2) is 5.78 Å². The molecule has 1 aliphatic heterocycles. The van der Waals surface area contributed by atoms with Crippen LogP contribution in [-0.4, -0.2) is 47.5 Å². The predicted octanol–water partition coefficient (Wildman–Crippen LogP) is 7.55. The highest BCUT2D eigenvalue weighted by Gasteiger charge is 2.45. The highest BCUT2D eigenvalue weighted by molar-refractivity contribution is 5.96. The summed E-state index contributed by atoms with van der Waals surface area (Å²) in [5.74, 6) is 0.123. The Balaban J connectivity index is 1.41. The van der Waals surface area contributed by atoms with Gasteiger partial charge in [-0.05, 0) is 43.5 Å². The van der Waals surface area contributed by atoms with E-state index in [2.05, 4.69) is 69.3 Å². The molecule has 0 atom stereocenters. The number of ketones is 1. The van der Waals surface area contributed by atoms with E-state index in [1.807, 2.05) is 12.1 Å². The molecule has 1 heterocycles. The molecule has 3 aromatic rings. The second-order valence-corrected chi connectivity index (χ2v) is 11.7. The average molecular weight is 543 g/mol. The molecule has 0 bridgehead atoms. The lowest BCUT2D eigenvalue weighted by Gasteiger charge is -2.53. The summed E-state index contributed by atoms with van der Waals surface area (Å²) < 4.78 is 13.0. The summed E-state index contributed by atoms with van der Waals surface area (Å²) in [5, 5.41) is 0. The minimum absolute atomic E-state index is 0.0769. The van der Waals surface area contributed by atoms with Crippen LogP contribution < -0.4 is 4.74 Å². The average Bonchev–Trinajstić information content (AvgIpc) is 2.97. The van der Waals surface area contributed by atoms with E-state index in [9.17, 15) is 9.59 Å². The van der Waals surface area contributed by atoms with E-state index in [4.69, 9.17) is 9.47 Å². The fraction of sp³-hybridized carbons (Fsp3) is 0.429. The van der Waals surface area contributed by atoms with Gasteiger partial charge >= 0.3 is 5.97 Å². The van der Waals surface area contributed by atoms with Crippen LogP contribution in [-0.2, 0) is 9.53 Å². The van der Waals surface area contributed by atoms with Crippen molar-refractivity contribution in [3.63, 3.8) is 0 Å². The normalized spacial score (nSPS) is 19.4. The first-order valence-corrected chi connectivity index (χ1v) is 14.7. The predicted molar refractivity (Wildman–Crippen MR) is 159 cm³/mol. The summed E-state index contributed by atoms with van der Waals surface area (Å²) in [7, 11) is 0. The topological polar surface area (TPSA) is 52.6 Å². The Morgan fingerprint density at radius 2 is 1.50 bits per heavy atom. The molecular formula is C35H44NO4+. The maximum absolute atomic E-state index is 13.0. The number of likely N-dealkylation sites (tertiary alicyclic amines) is 1. The second-order valence-electron chi connectivity index (χ2n) is 11.7. The zero-order valence-corrected chi connectivity index (χ0v) is 24.5. The van der Waals surface area contributed by atoms with E-state index in [0.717, 1.165) is 49.8 Å². The van der Waals surface area contributed by atoms with Crippen LogP contribution in [0.4, 0.5) is 0 Å². The number of nitrogens with zero attached hydrogens (tertiary/aromatic N) is 1. The lowest BCUT2D eigenvalue weighted by molar-refractivity contribution is -0.977. The van der Waals surface area contributed by atoms with Gasteiger partial charge in [-0.15, -0.1) is 0 Å². The third-order valence-electron chi connectivity index (χ3n) is 8.85. The van der Waals surface area contributed by atoms with Crippen LogP contribution in [0.15, 0.2) is 84.9 Å². The summed E-state index contributed by atoms with van der Waals surface area (Å²) in [6.45, 7) is 11.4. The van der Waals surface area contributed by atoms with E-state index in [1.54, 1.807) is 24.3 Å². The SMILES string of the molecule is CCC(C)(C)[N+]1(CCCC(=O)c2cccc(OC(C)=O)c2)CCC(OC(c2ccccc2)c2ccccc2)CC1. The molecule has 1 fully saturated rings. The molecule has 0 N–H and O–H groups in total. The van der Waals surface area contributed by atoms with Gasteiger partial charge < -0.3 is 14.0 Å². The van der Waals surface area contributed by atoms with Crippen molar-refractivity contribution in [3.8, 4) is 5.75 Å². The van der Waals surface area contributed by atoms with E-state index < -0.39 is 0 Å². The first kappa shape index (κ1) is 29.7. The number of quaternary nitrogens is 1. The van der Waals surface area contributed by atoms with Crippen LogP contribution in [0, 0.1) is 0 Å². The highest BCUT2D eigenvalue weighted by atomic mass is 16.5. The molecule has 4 rings (SSSR count). The molecule has 212 valence electrons. The van der Waals surface area contributed by atoms with Crippen molar-refractivity contribution in [2.75, 3.05) is 19.6 Å². The van der Waals surface area contributed by atoms with Crippen LogP contribution in [0.5, 0.6) is 5.75 Å². The molecule has 0 spiro atoms. The Bertz CT molecular complexity index is 1210. The van der Waals surface area contributed by atoms with Crippen LogP contribution in [0.25, 0.3) is 0 Å². The van der Waals surface area contributed by atoms with Gasteiger partial charge in [0.25, 0.3) is 0 Å². The summed E-state index contributed by atoms with van der Waals surface area (Å²) in [4.78, 5) is 24.3. The first-order chi connectivity index (χ1) is 19.2. The standard InChI is InChI=1S/C35H44NO4/c1-5-35(3,4)36(23-13-20-33(38)30-18-12-19-32(26-30)39-27(2)37)24-21-31(22-25-36)40-34(28-14-8-6-9-15-28)29-16-10-7-11-17-29/h6-12,14-19,26,31,34H,5,13,20-25H2,1-4H3/q+1. The third kappa shape index (κ3) is 7.26. The molecule has 3 aromatic carbocycles. The number of piperidine rings is 1. The van der Waals surface area contributed by atoms with E-state index in [0.29, 0.717) is 17.7 Å². The number of ether oxygens (including phenoxy) is 2. The smallest absolute Gasteiger partial charge is 0.308 e. The van der Waals surface area contributed by atoms with Crippen molar-refractivity contribution in [2.45, 2.75) is 77.5 Å². The zero-order chi connectivity index (χ0) is 28.6. The van der Waals surface area contributed by atoms with E-state index >= 15 is 0 Å². The van der Waals surface area contributed by atoms with Gasteiger partial charge in [0.2, 0.25) is 0 Å². The number of Topliss-reactive ketones (excluding diaryl/α,β-unsaturated/α-hetero) is 1. The second kappa shape index (κ2) is 13.4. The van der Waals surface area contributed by atoms with Crippen molar-refractivity contribution in [3.05, 3.63) is 102 Å². The van der Waals surface area contributed by atoms with Gasteiger partial charge in [-0.2, -0.15) is 0 Å². The molecule has 5 heteroatoms. The molecule has 5 nitrogen and oxygen atoms in total. The molecule has 1 saturated heterocycles. The van der Waals surface area contributed by atoms with Crippen molar-refractivity contribution < 1.29 is 23.5 Å². The Morgan fingerprint density at radius 3 is 2.05 bits per heavy atom. The molecule has 0 amide bonds. The number of rotatable bonds is 12. The minimum atomic E-state index is -0.385. The van der Waals surface area contributed by atoms with Gasteiger partial charge in [0.05, 0.1) is 31.3 Å². The maximum atomic E-state index is 13.0. The largest absolute Gasteiger partial charge is 0.427 e. The highest BCUT2D eigenvalue weighted by Crippen LogP contribution is 2.37. The molecule has 0 aromatic heterocycles. The molecule has 40 heavy (non-hydrogen) atoms. The molecule has 0 unspecified atom stereocenters. The number of carbonyl (C=O) groups is 2. The van der Waals surface area contributed by atoms with Crippen molar-refractivity contribution in [2.24, 2.45) is 0 Å². The van der Waals surface area contributed by atoms with Crippen molar-refractivity contribution in [1.29, 1.82) is 0 Å². The van der Waals surface area contributed by atoms with Gasteiger partial charge in [0.1, 0.15) is 11.9 Å². The Hall–Kier alpha value is -3.28. The summed E-state index contributed by atoms with van der Waals surface area (Å²) >= 11 is 0. The molecule has 0 radical (unpaired) electrons. The summed E-state index contributed by atoms with van der Waals surface area (Å²) in [6, 6.07) is 28.0. The fourth-order valence-electron chi connectivity index (χ4n) is 6.02. The molecule has 1 aliphatic rings. The van der Waals surface area contributed by atoms with E-state index in [1.165, 1.54) is 18.1 Å². The van der Waals surface area contributed by atoms with Crippen molar-refractivity contribution >= 4 is 11.8 Å². The number of hydrogen-bond acceptors (Lipinski definition) is 4. The number of hydrogen-bond donors (Lipinski definition) is 0. The summed E-state index contributed by atoms with van der Waals surface area (Å²) in [6.07, 6.45) is 4.49. The van der Waals surface area contributed by atoms with Crippen LogP contribution in [0.2, 0.25) is 0 Å². The lowest BCUT2D eigenvalue weighted by Crippen LogP contribution is -2.65. The first-order valence-electron chi connectivity index (χ1n) is 14.7. The van der Waals surface area contributed by atoms with Gasteiger partial charge in [-0.1, -0.05) is 79.7 Å². The van der Waals surface area contributed by atoms with Crippen LogP contribution in [0.1, 0.15) is 87.4 Å². The van der Waals surface area contributed by atoms with Crippen LogP contribution >= 0.6 is 0 Å². The third-order valence-corrected chi connectivity index (χ3v) is 8.85. The maximum Gasteiger partial charge on any atom is 0.308 e. The van der Waals surface area contributed by atoms with Gasteiger partial charge in [0, 0.05) is 38.2 Å². The van der Waals surface area contributed by atoms with Crippen LogP contribution in [0.3, 0.4) is 0 Å². The van der Waals surface area contributed by atoms with E-state index in [-0.39, 0.29) is 29.5 Å². The lowest BCUT2D eigenvalue weighted by atomic mass is 9.89. The molecule has 0 aliphatic carbocycles. The quantitative estimate of drug-likeness (QED) is 0.103. The molecule has 0 saturated carbocycles. The Labute approximate surface area is 239 Å². The van der Waals surface area contributed by atoms with Crippen molar-refractivity contribution in [1.82, 2.24) is 0 Å². The number of carbonyl (C=O) groups excluding carboxylic acids is 2. The minimum Gasteiger partial charge on any atom is -0.427 e. The zero-order valence-electron chi connectivity index (χ0n) is 24.5. The number of esters is 1. The number of benzene rings is 3. The fourth-order valence-corrected chi connectivity index (χ4v) is 6.02. The van der Waals surface area contributed by atoms with Gasteiger partial charge in [-0.25, -0.2) is 0 Å². The Morgan fingerprint density at radius 1 is 0.900 bits per heavy atom. The monoisotopic (exact) mass is 542 g/mol.